The molecule has 6 N–H and O–H groups in total. The molecule has 1 heterocycles. The van der Waals surface area contributed by atoms with Crippen molar-refractivity contribution in [2.45, 2.75) is 12.3 Å². The molecule has 1 saturated carbocycles. The van der Waals surface area contributed by atoms with Crippen LogP contribution < -0.4 is 31.6 Å². The number of urea groups is 1. The summed E-state index contributed by atoms with van der Waals surface area (Å²) in [6, 6.07) is 11.8. The number of methoxy groups -OCH3 is 1. The predicted molar refractivity (Wildman–Crippen MR) is 121 cm³/mol. The first kappa shape index (κ1) is 21.9. The van der Waals surface area contributed by atoms with Crippen LogP contribution >= 0.6 is 0 Å². The molecule has 0 spiro atoms. The van der Waals surface area contributed by atoms with Gasteiger partial charge in [-0.1, -0.05) is 12.1 Å². The summed E-state index contributed by atoms with van der Waals surface area (Å²) in [5.74, 6) is -0.246. The maximum atomic E-state index is 11.8. The first-order chi connectivity index (χ1) is 15.8. The highest BCUT2D eigenvalue weighted by Gasteiger charge is 2.64. The highest BCUT2D eigenvalue weighted by Crippen LogP contribution is 2.59. The van der Waals surface area contributed by atoms with Crippen LogP contribution in [0.1, 0.15) is 17.9 Å². The summed E-state index contributed by atoms with van der Waals surface area (Å²) in [5, 5.41) is 5.87. The van der Waals surface area contributed by atoms with E-state index in [1.807, 2.05) is 0 Å². The molecule has 1 atom stereocenters. The summed E-state index contributed by atoms with van der Waals surface area (Å²) < 4.78 is 11.4. The monoisotopic (exact) mass is 449 g/mol. The van der Waals surface area contributed by atoms with Crippen molar-refractivity contribution in [3.05, 3.63) is 54.2 Å². The number of aromatic nitrogens is 1. The number of anilines is 1. The van der Waals surface area contributed by atoms with Crippen LogP contribution in [0.15, 0.2) is 48.7 Å². The van der Waals surface area contributed by atoms with Crippen molar-refractivity contribution in [1.82, 2.24) is 10.3 Å². The number of hydrogen-bond donors (Lipinski definition) is 4. The van der Waals surface area contributed by atoms with Crippen LogP contribution in [0.25, 0.3) is 10.9 Å². The molecule has 4 amide bonds. The van der Waals surface area contributed by atoms with Crippen LogP contribution in [-0.2, 0) is 9.59 Å². The number of nitrogens with two attached hydrogens (primary N) is 2. The highest BCUT2D eigenvalue weighted by atomic mass is 16.5. The lowest BCUT2D eigenvalue weighted by molar-refractivity contribution is -0.133. The van der Waals surface area contributed by atoms with Gasteiger partial charge < -0.3 is 31.6 Å². The van der Waals surface area contributed by atoms with E-state index in [2.05, 4.69) is 15.6 Å². The van der Waals surface area contributed by atoms with Gasteiger partial charge in [-0.05, 0) is 36.2 Å². The molecule has 1 aromatic heterocycles. The number of pyridine rings is 1. The van der Waals surface area contributed by atoms with Gasteiger partial charge in [0.2, 0.25) is 11.8 Å². The molecule has 2 aromatic carbocycles. The van der Waals surface area contributed by atoms with Gasteiger partial charge in [-0.3, -0.25) is 14.6 Å². The minimum Gasteiger partial charge on any atom is -0.494 e. The van der Waals surface area contributed by atoms with Crippen LogP contribution in [0.4, 0.5) is 10.5 Å². The predicted octanol–water partition coefficient (Wildman–Crippen LogP) is 2.23. The van der Waals surface area contributed by atoms with Gasteiger partial charge in [-0.25, -0.2) is 4.79 Å². The maximum Gasteiger partial charge on any atom is 0.319 e. The molecule has 0 bridgehead atoms. The number of benzene rings is 2. The van der Waals surface area contributed by atoms with Gasteiger partial charge >= 0.3 is 6.03 Å². The number of amides is 4. The molecule has 1 aliphatic rings. The summed E-state index contributed by atoms with van der Waals surface area (Å²) in [6.07, 6.45) is 1.91. The largest absolute Gasteiger partial charge is 0.494 e. The molecule has 0 saturated heterocycles. The van der Waals surface area contributed by atoms with E-state index in [1.165, 1.54) is 14.2 Å². The Balaban J connectivity index is 1.61. The number of hydrogen-bond acceptors (Lipinski definition) is 6. The molecule has 4 rings (SSSR count). The van der Waals surface area contributed by atoms with Crippen molar-refractivity contribution in [3.63, 3.8) is 0 Å². The molecule has 1 unspecified atom stereocenters. The van der Waals surface area contributed by atoms with Crippen molar-refractivity contribution >= 4 is 34.4 Å². The average molecular weight is 449 g/mol. The Morgan fingerprint density at radius 3 is 2.33 bits per heavy atom. The smallest absolute Gasteiger partial charge is 0.319 e. The van der Waals surface area contributed by atoms with E-state index in [4.69, 9.17) is 20.9 Å². The lowest BCUT2D eigenvalue weighted by atomic mass is 9.97. The van der Waals surface area contributed by atoms with Gasteiger partial charge in [-0.15, -0.1) is 0 Å². The topological polar surface area (TPSA) is 159 Å². The SMILES string of the molecule is CNC(=O)Nc1cc2c(Oc3ccc(C4CC4(C(N)=O)C(N)=O)cc3)ccnc2cc1OC. The average Bonchev–Trinajstić information content (AvgIpc) is 3.57. The number of primary amides is 2. The van der Waals surface area contributed by atoms with Gasteiger partial charge in [0, 0.05) is 30.6 Å². The summed E-state index contributed by atoms with van der Waals surface area (Å²) in [6.45, 7) is 0. The van der Waals surface area contributed by atoms with E-state index in [9.17, 15) is 14.4 Å². The van der Waals surface area contributed by atoms with Crippen molar-refractivity contribution < 1.29 is 23.9 Å². The van der Waals surface area contributed by atoms with Crippen LogP contribution in [0.2, 0.25) is 0 Å². The van der Waals surface area contributed by atoms with Crippen molar-refractivity contribution in [1.29, 1.82) is 0 Å². The summed E-state index contributed by atoms with van der Waals surface area (Å²) in [4.78, 5) is 39.7. The standard InChI is InChI=1S/C23H23N5O5/c1-26-22(31)28-17-9-14-16(10-19(17)32-2)27-8-7-18(14)33-13-5-3-12(4-6-13)15-11-23(15,20(24)29)21(25)30/h3-10,15H,11H2,1-2H3,(H2,24,29)(H2,25,30)(H2,26,28,31). The molecule has 10 heteroatoms. The molecule has 170 valence electrons. The first-order valence-corrected chi connectivity index (χ1v) is 10.1. The van der Waals surface area contributed by atoms with Crippen molar-refractivity contribution in [3.8, 4) is 17.2 Å². The second-order valence-corrected chi connectivity index (χ2v) is 7.71. The van der Waals surface area contributed by atoms with E-state index in [1.54, 1.807) is 48.7 Å². The minimum absolute atomic E-state index is 0.301. The van der Waals surface area contributed by atoms with E-state index < -0.39 is 23.3 Å². The third-order valence-corrected chi connectivity index (χ3v) is 5.85. The molecule has 1 aliphatic carbocycles. The number of rotatable bonds is 7. The molecule has 1 fully saturated rings. The third kappa shape index (κ3) is 3.86. The lowest BCUT2D eigenvalue weighted by Gasteiger charge is -2.14. The number of carbonyl (C=O) groups excluding carboxylic acids is 3. The Bertz CT molecular complexity index is 1240. The normalized spacial score (nSPS) is 16.0. The van der Waals surface area contributed by atoms with E-state index >= 15 is 0 Å². The summed E-state index contributed by atoms with van der Waals surface area (Å²) in [7, 11) is 3.02. The summed E-state index contributed by atoms with van der Waals surface area (Å²) >= 11 is 0. The van der Waals surface area contributed by atoms with Crippen LogP contribution in [0.3, 0.4) is 0 Å². The molecule has 0 radical (unpaired) electrons. The zero-order valence-corrected chi connectivity index (χ0v) is 18.0. The quantitative estimate of drug-likeness (QED) is 0.405. The second kappa shape index (κ2) is 8.30. The molecule has 10 nitrogen and oxygen atoms in total. The van der Waals surface area contributed by atoms with E-state index in [0.29, 0.717) is 40.3 Å². The van der Waals surface area contributed by atoms with Crippen molar-refractivity contribution in [2.75, 3.05) is 19.5 Å². The molecular formula is C23H23N5O5. The number of nitrogens with one attached hydrogen (secondary N) is 2. The number of ether oxygens (including phenoxy) is 2. The Morgan fingerprint density at radius 1 is 1.06 bits per heavy atom. The fraction of sp³-hybridized carbons (Fsp3) is 0.217. The van der Waals surface area contributed by atoms with Crippen molar-refractivity contribution in [2.24, 2.45) is 16.9 Å². The Kier molecular flexibility index (Phi) is 5.50. The minimum atomic E-state index is -1.32. The van der Waals surface area contributed by atoms with Crippen LogP contribution in [-0.4, -0.2) is 37.0 Å². The van der Waals surface area contributed by atoms with Gasteiger partial charge in [0.05, 0.1) is 18.3 Å². The number of nitrogens with zero attached hydrogens (tertiary/aromatic N) is 1. The van der Waals surface area contributed by atoms with E-state index in [-0.39, 0.29) is 5.92 Å². The molecule has 0 aliphatic heterocycles. The van der Waals surface area contributed by atoms with Gasteiger partial charge in [-0.2, -0.15) is 0 Å². The van der Waals surface area contributed by atoms with Crippen LogP contribution in [0, 0.1) is 5.41 Å². The zero-order chi connectivity index (χ0) is 23.8. The number of fused-ring (bicyclic) bond motifs is 1. The highest BCUT2D eigenvalue weighted by molar-refractivity contribution is 6.08. The van der Waals surface area contributed by atoms with E-state index in [0.717, 1.165) is 5.56 Å². The molecule has 3 aromatic rings. The fourth-order valence-corrected chi connectivity index (χ4v) is 3.92. The Morgan fingerprint density at radius 2 is 1.76 bits per heavy atom. The third-order valence-electron chi connectivity index (χ3n) is 5.85. The lowest BCUT2D eigenvalue weighted by Crippen LogP contribution is -2.38. The van der Waals surface area contributed by atoms with Gasteiger partial charge in [0.15, 0.2) is 0 Å². The second-order valence-electron chi connectivity index (χ2n) is 7.71. The Hall–Kier alpha value is -4.34. The number of carbonyl (C=O) groups is 3. The zero-order valence-electron chi connectivity index (χ0n) is 18.0. The summed E-state index contributed by atoms with van der Waals surface area (Å²) in [5.41, 5.74) is 11.4. The molecular weight excluding hydrogens is 426 g/mol. The fourth-order valence-electron chi connectivity index (χ4n) is 3.92. The van der Waals surface area contributed by atoms with Gasteiger partial charge in [0.1, 0.15) is 22.7 Å². The van der Waals surface area contributed by atoms with Crippen LogP contribution in [0.5, 0.6) is 17.2 Å². The first-order valence-electron chi connectivity index (χ1n) is 10.1. The maximum absolute atomic E-state index is 11.8. The molecule has 33 heavy (non-hydrogen) atoms. The Labute approximate surface area is 189 Å². The van der Waals surface area contributed by atoms with Gasteiger partial charge in [0.25, 0.3) is 0 Å².